The van der Waals surface area contributed by atoms with Crippen molar-refractivity contribution < 1.29 is 8.42 Å². The quantitative estimate of drug-likeness (QED) is 0.680. The van der Waals surface area contributed by atoms with Crippen molar-refractivity contribution in [3.05, 3.63) is 35.4 Å². The van der Waals surface area contributed by atoms with E-state index in [-0.39, 0.29) is 6.04 Å². The minimum atomic E-state index is -3.36. The highest BCUT2D eigenvalue weighted by molar-refractivity contribution is 7.87. The van der Waals surface area contributed by atoms with Gasteiger partial charge < -0.3 is 5.73 Å². The zero-order valence-corrected chi connectivity index (χ0v) is 10.3. The lowest BCUT2D eigenvalue weighted by atomic mass is 10.1. The molecular formula is C11H17N3O2S. The molecular weight excluding hydrogens is 238 g/mol. The molecule has 0 amide bonds. The Hall–Kier alpha value is -0.950. The van der Waals surface area contributed by atoms with Crippen LogP contribution in [0.25, 0.3) is 0 Å². The molecule has 0 atom stereocenters. The molecule has 0 heterocycles. The van der Waals surface area contributed by atoms with Gasteiger partial charge in [0.15, 0.2) is 0 Å². The van der Waals surface area contributed by atoms with Crippen molar-refractivity contribution in [3.63, 3.8) is 0 Å². The molecule has 1 aliphatic carbocycles. The smallest absolute Gasteiger partial charge is 0.277 e. The van der Waals surface area contributed by atoms with E-state index >= 15 is 0 Å². The minimum absolute atomic E-state index is 0.132. The van der Waals surface area contributed by atoms with Crippen LogP contribution in [0.2, 0.25) is 0 Å². The maximum atomic E-state index is 11.5. The first-order valence-electron chi connectivity index (χ1n) is 5.64. The van der Waals surface area contributed by atoms with E-state index in [2.05, 4.69) is 9.44 Å². The van der Waals surface area contributed by atoms with Gasteiger partial charge in [0.2, 0.25) is 0 Å². The first-order chi connectivity index (χ1) is 8.09. The number of hydrogen-bond donors (Lipinski definition) is 3. The van der Waals surface area contributed by atoms with Crippen LogP contribution in [0.1, 0.15) is 24.0 Å². The predicted molar refractivity (Wildman–Crippen MR) is 66.3 cm³/mol. The minimum Gasteiger partial charge on any atom is -0.326 e. The van der Waals surface area contributed by atoms with Crippen molar-refractivity contribution in [3.8, 4) is 0 Å². The van der Waals surface area contributed by atoms with Gasteiger partial charge in [-0.15, -0.1) is 0 Å². The molecule has 1 aliphatic rings. The van der Waals surface area contributed by atoms with E-state index in [1.54, 1.807) is 0 Å². The van der Waals surface area contributed by atoms with E-state index in [0.717, 1.165) is 24.0 Å². The normalized spacial score (nSPS) is 16.1. The monoisotopic (exact) mass is 255 g/mol. The van der Waals surface area contributed by atoms with Crippen LogP contribution < -0.4 is 15.2 Å². The summed E-state index contributed by atoms with van der Waals surface area (Å²) in [5.41, 5.74) is 7.44. The molecule has 1 aromatic carbocycles. The van der Waals surface area contributed by atoms with Crippen molar-refractivity contribution in [2.24, 2.45) is 5.73 Å². The largest absolute Gasteiger partial charge is 0.326 e. The predicted octanol–water partition coefficient (Wildman–Crippen LogP) is 0.232. The SMILES string of the molecule is NCc1ccc(CNS(=O)(=O)NC2CC2)cc1. The second-order valence-corrected chi connectivity index (χ2v) is 5.77. The Labute approximate surface area is 102 Å². The molecule has 6 heteroatoms. The van der Waals surface area contributed by atoms with Gasteiger partial charge in [-0.25, -0.2) is 0 Å². The Morgan fingerprint density at radius 2 is 1.76 bits per heavy atom. The molecule has 2 rings (SSSR count). The van der Waals surface area contributed by atoms with Crippen molar-refractivity contribution >= 4 is 10.2 Å². The van der Waals surface area contributed by atoms with Gasteiger partial charge in [0, 0.05) is 19.1 Å². The Bertz CT molecular complexity index is 466. The molecule has 0 aliphatic heterocycles. The van der Waals surface area contributed by atoms with Gasteiger partial charge in [0.1, 0.15) is 0 Å². The molecule has 0 saturated heterocycles. The molecule has 5 nitrogen and oxygen atoms in total. The van der Waals surface area contributed by atoms with Crippen LogP contribution in [-0.4, -0.2) is 14.5 Å². The summed E-state index contributed by atoms with van der Waals surface area (Å²) in [6.45, 7) is 0.794. The highest BCUT2D eigenvalue weighted by Crippen LogP contribution is 2.19. The lowest BCUT2D eigenvalue weighted by Crippen LogP contribution is -2.37. The molecule has 17 heavy (non-hydrogen) atoms. The fourth-order valence-electron chi connectivity index (χ4n) is 1.43. The number of rotatable bonds is 6. The maximum absolute atomic E-state index is 11.5. The van der Waals surface area contributed by atoms with E-state index in [1.807, 2.05) is 24.3 Å². The van der Waals surface area contributed by atoms with Gasteiger partial charge in [-0.1, -0.05) is 24.3 Å². The summed E-state index contributed by atoms with van der Waals surface area (Å²) in [7, 11) is -3.36. The third-order valence-corrected chi connectivity index (χ3v) is 3.79. The molecule has 4 N–H and O–H groups in total. The summed E-state index contributed by atoms with van der Waals surface area (Å²) in [6.07, 6.45) is 1.87. The van der Waals surface area contributed by atoms with Gasteiger partial charge in [-0.3, -0.25) is 0 Å². The summed E-state index contributed by atoms with van der Waals surface area (Å²) in [5.74, 6) is 0. The van der Waals surface area contributed by atoms with E-state index in [0.29, 0.717) is 13.1 Å². The topological polar surface area (TPSA) is 84.2 Å². The summed E-state index contributed by atoms with van der Waals surface area (Å²) in [5, 5.41) is 0. The first kappa shape index (κ1) is 12.5. The third-order valence-electron chi connectivity index (χ3n) is 2.62. The van der Waals surface area contributed by atoms with E-state index in [4.69, 9.17) is 5.73 Å². The number of nitrogens with one attached hydrogen (secondary N) is 2. The molecule has 0 unspecified atom stereocenters. The van der Waals surface area contributed by atoms with Gasteiger partial charge in [-0.05, 0) is 24.0 Å². The Balaban J connectivity index is 1.87. The van der Waals surface area contributed by atoms with Crippen LogP contribution >= 0.6 is 0 Å². The van der Waals surface area contributed by atoms with Crippen LogP contribution in [0.15, 0.2) is 24.3 Å². The number of benzene rings is 1. The van der Waals surface area contributed by atoms with Crippen LogP contribution in [0, 0.1) is 0 Å². The zero-order valence-electron chi connectivity index (χ0n) is 9.52. The Morgan fingerprint density at radius 3 is 2.29 bits per heavy atom. The van der Waals surface area contributed by atoms with Gasteiger partial charge in [-0.2, -0.15) is 17.9 Å². The molecule has 1 saturated carbocycles. The second kappa shape index (κ2) is 5.14. The Morgan fingerprint density at radius 1 is 1.18 bits per heavy atom. The summed E-state index contributed by atoms with van der Waals surface area (Å²) in [6, 6.07) is 7.69. The summed E-state index contributed by atoms with van der Waals surface area (Å²) >= 11 is 0. The summed E-state index contributed by atoms with van der Waals surface area (Å²) in [4.78, 5) is 0. The maximum Gasteiger partial charge on any atom is 0.277 e. The average Bonchev–Trinajstić information content (AvgIpc) is 3.10. The zero-order chi connectivity index (χ0) is 12.3. The fraction of sp³-hybridized carbons (Fsp3) is 0.455. The van der Waals surface area contributed by atoms with E-state index < -0.39 is 10.2 Å². The first-order valence-corrected chi connectivity index (χ1v) is 7.12. The van der Waals surface area contributed by atoms with Crippen molar-refractivity contribution in [2.45, 2.75) is 32.0 Å². The highest BCUT2D eigenvalue weighted by Gasteiger charge is 2.26. The van der Waals surface area contributed by atoms with Crippen molar-refractivity contribution in [1.82, 2.24) is 9.44 Å². The standard InChI is InChI=1S/C11H17N3O2S/c12-7-9-1-3-10(4-2-9)8-13-17(15,16)14-11-5-6-11/h1-4,11,13-14H,5-8,12H2. The van der Waals surface area contributed by atoms with Gasteiger partial charge in [0.25, 0.3) is 10.2 Å². The van der Waals surface area contributed by atoms with Gasteiger partial charge in [0.05, 0.1) is 0 Å². The molecule has 1 fully saturated rings. The third kappa shape index (κ3) is 4.08. The molecule has 94 valence electrons. The van der Waals surface area contributed by atoms with E-state index in [9.17, 15) is 8.42 Å². The van der Waals surface area contributed by atoms with Crippen molar-refractivity contribution in [2.75, 3.05) is 0 Å². The average molecular weight is 255 g/mol. The van der Waals surface area contributed by atoms with Crippen LogP contribution in [0.4, 0.5) is 0 Å². The fourth-order valence-corrected chi connectivity index (χ4v) is 2.55. The van der Waals surface area contributed by atoms with Crippen molar-refractivity contribution in [1.29, 1.82) is 0 Å². The van der Waals surface area contributed by atoms with Crippen LogP contribution in [0.5, 0.6) is 0 Å². The second-order valence-electron chi connectivity index (χ2n) is 4.24. The molecule has 1 aromatic rings. The molecule has 0 aromatic heterocycles. The van der Waals surface area contributed by atoms with Crippen LogP contribution in [0.3, 0.4) is 0 Å². The lowest BCUT2D eigenvalue weighted by Gasteiger charge is -2.07. The molecule has 0 bridgehead atoms. The summed E-state index contributed by atoms with van der Waals surface area (Å²) < 4.78 is 28.1. The lowest BCUT2D eigenvalue weighted by molar-refractivity contribution is 0.565. The molecule has 0 radical (unpaired) electrons. The highest BCUT2D eigenvalue weighted by atomic mass is 32.2. The van der Waals surface area contributed by atoms with E-state index in [1.165, 1.54) is 0 Å². The van der Waals surface area contributed by atoms with Gasteiger partial charge >= 0.3 is 0 Å². The number of hydrogen-bond acceptors (Lipinski definition) is 3. The number of nitrogens with two attached hydrogens (primary N) is 1. The van der Waals surface area contributed by atoms with Crippen LogP contribution in [-0.2, 0) is 23.3 Å². The Kier molecular flexibility index (Phi) is 3.78. The molecule has 0 spiro atoms.